The molecular formula is C25H21ClN4O3. The number of ether oxygens (including phenoxy) is 1. The quantitative estimate of drug-likeness (QED) is 0.347. The third-order valence-corrected chi connectivity index (χ3v) is 5.66. The normalized spacial score (nSPS) is 11.2. The molecule has 7 nitrogen and oxygen atoms in total. The molecule has 0 fully saturated rings. The molecule has 166 valence electrons. The van der Waals surface area contributed by atoms with Gasteiger partial charge >= 0.3 is 0 Å². The first kappa shape index (κ1) is 21.0. The number of rotatable bonds is 6. The summed E-state index contributed by atoms with van der Waals surface area (Å²) in [6, 6.07) is 16.9. The maximum Gasteiger partial charge on any atom is 0.276 e. The van der Waals surface area contributed by atoms with Crippen LogP contribution in [0.4, 0.5) is 0 Å². The van der Waals surface area contributed by atoms with E-state index in [1.807, 2.05) is 50.2 Å². The summed E-state index contributed by atoms with van der Waals surface area (Å²) in [4.78, 5) is 17.8. The largest absolute Gasteiger partial charge is 0.492 e. The lowest BCUT2D eigenvalue weighted by Gasteiger charge is -2.06. The molecule has 0 spiro atoms. The van der Waals surface area contributed by atoms with Gasteiger partial charge in [-0.2, -0.15) is 5.10 Å². The van der Waals surface area contributed by atoms with E-state index in [2.05, 4.69) is 10.1 Å². The van der Waals surface area contributed by atoms with Crippen LogP contribution in [0.15, 0.2) is 76.2 Å². The van der Waals surface area contributed by atoms with Crippen LogP contribution < -0.4 is 10.3 Å². The molecule has 0 bridgehead atoms. The van der Waals surface area contributed by atoms with E-state index < -0.39 is 0 Å². The zero-order chi connectivity index (χ0) is 22.9. The van der Waals surface area contributed by atoms with Crippen molar-refractivity contribution in [3.63, 3.8) is 0 Å². The minimum atomic E-state index is -0.169. The molecule has 2 aromatic carbocycles. The van der Waals surface area contributed by atoms with Crippen LogP contribution in [0.2, 0.25) is 5.02 Å². The molecule has 0 saturated carbocycles. The van der Waals surface area contributed by atoms with Crippen LogP contribution >= 0.6 is 11.6 Å². The molecule has 0 radical (unpaired) electrons. The second kappa shape index (κ2) is 8.60. The van der Waals surface area contributed by atoms with E-state index in [-0.39, 0.29) is 5.56 Å². The number of aryl methyl sites for hydroxylation is 1. The fraction of sp³-hybridized carbons (Fsp3) is 0.160. The minimum absolute atomic E-state index is 0.169. The van der Waals surface area contributed by atoms with Crippen molar-refractivity contribution in [2.45, 2.75) is 20.4 Å². The summed E-state index contributed by atoms with van der Waals surface area (Å²) >= 11 is 6.32. The summed E-state index contributed by atoms with van der Waals surface area (Å²) in [6.07, 6.45) is 3.46. The molecular weight excluding hydrogens is 440 g/mol. The summed E-state index contributed by atoms with van der Waals surface area (Å²) in [5, 5.41) is 5.04. The molecule has 0 unspecified atom stereocenters. The first-order chi connectivity index (χ1) is 16.0. The fourth-order valence-electron chi connectivity index (χ4n) is 3.66. The van der Waals surface area contributed by atoms with Gasteiger partial charge in [-0.15, -0.1) is 0 Å². The van der Waals surface area contributed by atoms with Crippen molar-refractivity contribution in [3.8, 4) is 28.5 Å². The highest BCUT2D eigenvalue weighted by molar-refractivity contribution is 6.32. The van der Waals surface area contributed by atoms with Gasteiger partial charge in [0, 0.05) is 23.5 Å². The Labute approximate surface area is 194 Å². The van der Waals surface area contributed by atoms with Crippen LogP contribution in [-0.2, 0) is 6.54 Å². The Balaban J connectivity index is 1.47. The SMILES string of the molecule is CCOc1ccc(-c2cc3c(=O)n(Cc4nc(-c5ccccc5)oc4C)ccn3n2)cc1Cl. The highest BCUT2D eigenvalue weighted by Gasteiger charge is 2.15. The predicted molar refractivity (Wildman–Crippen MR) is 127 cm³/mol. The lowest BCUT2D eigenvalue weighted by molar-refractivity contribution is 0.340. The summed E-state index contributed by atoms with van der Waals surface area (Å²) in [5.74, 6) is 1.84. The van der Waals surface area contributed by atoms with Crippen molar-refractivity contribution < 1.29 is 9.15 Å². The van der Waals surface area contributed by atoms with E-state index in [0.717, 1.165) is 11.1 Å². The first-order valence-electron chi connectivity index (χ1n) is 10.6. The van der Waals surface area contributed by atoms with Crippen LogP contribution in [0.3, 0.4) is 0 Å². The first-order valence-corrected chi connectivity index (χ1v) is 10.9. The van der Waals surface area contributed by atoms with Crippen molar-refractivity contribution in [2.24, 2.45) is 0 Å². The van der Waals surface area contributed by atoms with E-state index in [1.54, 1.807) is 39.7 Å². The number of oxazole rings is 1. The molecule has 0 N–H and O–H groups in total. The second-order valence-corrected chi connectivity index (χ2v) is 7.96. The molecule has 0 amide bonds. The molecule has 0 aliphatic carbocycles. The van der Waals surface area contributed by atoms with Crippen LogP contribution in [-0.4, -0.2) is 25.8 Å². The Bertz CT molecular complexity index is 1500. The second-order valence-electron chi connectivity index (χ2n) is 7.56. The average molecular weight is 461 g/mol. The third-order valence-electron chi connectivity index (χ3n) is 5.36. The highest BCUT2D eigenvalue weighted by atomic mass is 35.5. The van der Waals surface area contributed by atoms with E-state index in [4.69, 9.17) is 20.8 Å². The molecule has 8 heteroatoms. The zero-order valence-electron chi connectivity index (χ0n) is 18.2. The molecule has 3 aromatic heterocycles. The molecule has 0 aliphatic heterocycles. The van der Waals surface area contributed by atoms with Crippen LogP contribution in [0.5, 0.6) is 5.75 Å². The predicted octanol–water partition coefficient (Wildman–Crippen LogP) is 5.23. The fourth-order valence-corrected chi connectivity index (χ4v) is 3.90. The van der Waals surface area contributed by atoms with Gasteiger partial charge in [-0.3, -0.25) is 4.79 Å². The average Bonchev–Trinajstić information content (AvgIpc) is 3.42. The summed E-state index contributed by atoms with van der Waals surface area (Å²) in [7, 11) is 0. The van der Waals surface area contributed by atoms with Gasteiger partial charge in [0.05, 0.1) is 23.9 Å². The van der Waals surface area contributed by atoms with Gasteiger partial charge in [0.15, 0.2) is 0 Å². The van der Waals surface area contributed by atoms with Crippen LogP contribution in [0, 0.1) is 6.92 Å². The van der Waals surface area contributed by atoms with Gasteiger partial charge in [0.1, 0.15) is 22.7 Å². The van der Waals surface area contributed by atoms with Gasteiger partial charge < -0.3 is 13.7 Å². The lowest BCUT2D eigenvalue weighted by atomic mass is 10.1. The maximum atomic E-state index is 13.2. The van der Waals surface area contributed by atoms with Gasteiger partial charge in [-0.25, -0.2) is 9.50 Å². The number of benzene rings is 2. The maximum absolute atomic E-state index is 13.2. The molecule has 3 heterocycles. The van der Waals surface area contributed by atoms with E-state index >= 15 is 0 Å². The molecule has 0 atom stereocenters. The third kappa shape index (κ3) is 4.03. The molecule has 33 heavy (non-hydrogen) atoms. The monoisotopic (exact) mass is 460 g/mol. The number of hydrogen-bond acceptors (Lipinski definition) is 5. The standard InChI is InChI=1S/C25H21ClN4O3/c1-3-32-23-10-9-18(13-19(23)26)20-14-22-25(31)29(11-12-30(22)28-20)15-21-16(2)33-24(27-21)17-7-5-4-6-8-17/h4-14H,3,15H2,1-2H3. The summed E-state index contributed by atoms with van der Waals surface area (Å²) < 4.78 is 14.5. The van der Waals surface area contributed by atoms with E-state index in [9.17, 15) is 4.79 Å². The van der Waals surface area contributed by atoms with Crippen LogP contribution in [0.25, 0.3) is 28.2 Å². The Kier molecular flexibility index (Phi) is 5.48. The van der Waals surface area contributed by atoms with Crippen molar-refractivity contribution >= 4 is 17.1 Å². The number of hydrogen-bond donors (Lipinski definition) is 0. The zero-order valence-corrected chi connectivity index (χ0v) is 18.9. The van der Waals surface area contributed by atoms with E-state index in [1.165, 1.54) is 0 Å². The summed E-state index contributed by atoms with van der Waals surface area (Å²) in [6.45, 7) is 4.59. The topological polar surface area (TPSA) is 74.6 Å². The van der Waals surface area contributed by atoms with Crippen LogP contribution in [0.1, 0.15) is 18.4 Å². The smallest absolute Gasteiger partial charge is 0.276 e. The van der Waals surface area contributed by atoms with Crippen molar-refractivity contribution in [2.75, 3.05) is 6.61 Å². The number of fused-ring (bicyclic) bond motifs is 1. The van der Waals surface area contributed by atoms with E-state index in [0.29, 0.717) is 52.5 Å². The number of halogens is 1. The highest BCUT2D eigenvalue weighted by Crippen LogP contribution is 2.30. The molecule has 0 saturated heterocycles. The van der Waals surface area contributed by atoms with Crippen molar-refractivity contribution in [1.82, 2.24) is 19.2 Å². The lowest BCUT2D eigenvalue weighted by Crippen LogP contribution is -2.22. The Morgan fingerprint density at radius 3 is 2.64 bits per heavy atom. The molecule has 0 aliphatic rings. The molecule has 5 aromatic rings. The van der Waals surface area contributed by atoms with Gasteiger partial charge in [-0.1, -0.05) is 29.8 Å². The molecule has 5 rings (SSSR count). The number of aromatic nitrogens is 4. The van der Waals surface area contributed by atoms with Crippen molar-refractivity contribution in [3.05, 3.63) is 93.8 Å². The van der Waals surface area contributed by atoms with Gasteiger partial charge in [0.2, 0.25) is 5.89 Å². The van der Waals surface area contributed by atoms with Gasteiger partial charge in [0.25, 0.3) is 5.56 Å². The number of nitrogens with zero attached hydrogens (tertiary/aromatic N) is 4. The Morgan fingerprint density at radius 1 is 1.06 bits per heavy atom. The van der Waals surface area contributed by atoms with Crippen molar-refractivity contribution in [1.29, 1.82) is 0 Å². The minimum Gasteiger partial charge on any atom is -0.492 e. The Hall–Kier alpha value is -3.84. The van der Waals surface area contributed by atoms with Gasteiger partial charge in [-0.05, 0) is 50.2 Å². The summed E-state index contributed by atoms with van der Waals surface area (Å²) in [5.41, 5.74) is 3.35. The Morgan fingerprint density at radius 2 is 1.88 bits per heavy atom.